The van der Waals surface area contributed by atoms with Crippen molar-refractivity contribution in [1.29, 1.82) is 0 Å². The Balaban J connectivity index is 1.49. The number of benzene rings is 1. The maximum absolute atomic E-state index is 13.3. The van der Waals surface area contributed by atoms with Gasteiger partial charge in [0.25, 0.3) is 0 Å². The fourth-order valence-corrected chi connectivity index (χ4v) is 4.75. The van der Waals surface area contributed by atoms with Gasteiger partial charge in [-0.05, 0) is 50.7 Å². The summed E-state index contributed by atoms with van der Waals surface area (Å²) >= 11 is 0. The lowest BCUT2D eigenvalue weighted by atomic mass is 9.98. The van der Waals surface area contributed by atoms with Crippen molar-refractivity contribution < 1.29 is 17.4 Å². The van der Waals surface area contributed by atoms with Gasteiger partial charge >= 0.3 is 10.3 Å². The third-order valence-corrected chi connectivity index (χ3v) is 6.54. The lowest BCUT2D eigenvalue weighted by molar-refractivity contribution is 0.103. The number of ketones is 1. The van der Waals surface area contributed by atoms with Crippen molar-refractivity contribution >= 4 is 21.9 Å². The van der Waals surface area contributed by atoms with E-state index in [9.17, 15) is 13.2 Å². The molecule has 0 saturated heterocycles. The van der Waals surface area contributed by atoms with E-state index in [1.165, 1.54) is 12.5 Å². The van der Waals surface area contributed by atoms with Crippen molar-refractivity contribution in [3.63, 3.8) is 0 Å². The second-order valence-corrected chi connectivity index (χ2v) is 10.2. The Morgan fingerprint density at radius 2 is 2.09 bits per heavy atom. The summed E-state index contributed by atoms with van der Waals surface area (Å²) in [5.74, 6) is 0.174. The molecule has 1 fully saturated rings. The Morgan fingerprint density at radius 1 is 1.32 bits per heavy atom. The van der Waals surface area contributed by atoms with Crippen molar-refractivity contribution in [3.05, 3.63) is 71.4 Å². The van der Waals surface area contributed by atoms with Crippen LogP contribution in [0.5, 0.6) is 0 Å². The zero-order chi connectivity index (χ0) is 24.3. The van der Waals surface area contributed by atoms with E-state index >= 15 is 0 Å². The summed E-state index contributed by atoms with van der Waals surface area (Å²) in [5.41, 5.74) is 2.23. The van der Waals surface area contributed by atoms with E-state index in [1.807, 2.05) is 44.2 Å². The number of nitrogens with two attached hydrogens (primary N) is 1. The number of hydrogen-bond donors (Lipinski definition) is 2. The highest BCUT2D eigenvalue weighted by molar-refractivity contribution is 7.84. The molecule has 3 aromatic rings. The predicted octanol–water partition coefficient (Wildman–Crippen LogP) is 2.45. The molecule has 0 bridgehead atoms. The molecular formula is C23H28N6O4S. The minimum Gasteiger partial charge on any atom is -0.364 e. The molecule has 2 unspecified atom stereocenters. The highest BCUT2D eigenvalue weighted by atomic mass is 32.2. The van der Waals surface area contributed by atoms with Gasteiger partial charge in [0.1, 0.15) is 17.8 Å². The fourth-order valence-electron chi connectivity index (χ4n) is 4.37. The molecule has 34 heavy (non-hydrogen) atoms. The SMILES string of the molecule is Cc1cc(C(=O)c2cncnc2NC2(C)CCC(COS(N)(=O)=O)C2)nn1Cc1ccccc1. The van der Waals surface area contributed by atoms with Gasteiger partial charge in [-0.2, -0.15) is 13.5 Å². The lowest BCUT2D eigenvalue weighted by Crippen LogP contribution is -2.33. The molecule has 0 aliphatic heterocycles. The first-order valence-electron chi connectivity index (χ1n) is 11.0. The molecule has 10 nitrogen and oxygen atoms in total. The Bertz CT molecular complexity index is 1280. The molecule has 0 spiro atoms. The Morgan fingerprint density at radius 3 is 2.82 bits per heavy atom. The number of carbonyl (C=O) groups is 1. The smallest absolute Gasteiger partial charge is 0.333 e. The maximum Gasteiger partial charge on any atom is 0.333 e. The fraction of sp³-hybridized carbons (Fsp3) is 0.391. The number of anilines is 1. The Labute approximate surface area is 198 Å². The zero-order valence-corrected chi connectivity index (χ0v) is 20.0. The van der Waals surface area contributed by atoms with Crippen LogP contribution < -0.4 is 10.5 Å². The van der Waals surface area contributed by atoms with Crippen molar-refractivity contribution in [2.24, 2.45) is 11.1 Å². The first kappa shape index (κ1) is 24.0. The first-order valence-corrected chi connectivity index (χ1v) is 12.5. The van der Waals surface area contributed by atoms with Crippen LogP contribution in [0.1, 0.15) is 53.5 Å². The van der Waals surface area contributed by atoms with Crippen molar-refractivity contribution in [1.82, 2.24) is 19.7 Å². The number of rotatable bonds is 9. The summed E-state index contributed by atoms with van der Waals surface area (Å²) in [7, 11) is -3.97. The summed E-state index contributed by atoms with van der Waals surface area (Å²) in [6, 6.07) is 11.7. The number of hydrogen-bond acceptors (Lipinski definition) is 8. The largest absolute Gasteiger partial charge is 0.364 e. The van der Waals surface area contributed by atoms with Crippen LogP contribution in [0, 0.1) is 12.8 Å². The quantitative estimate of drug-likeness (QED) is 0.441. The number of nitrogens with one attached hydrogen (secondary N) is 1. The molecular weight excluding hydrogens is 456 g/mol. The summed E-state index contributed by atoms with van der Waals surface area (Å²) in [6.45, 7) is 4.52. The summed E-state index contributed by atoms with van der Waals surface area (Å²) in [4.78, 5) is 21.7. The minimum absolute atomic E-state index is 0.0214. The second-order valence-electron chi connectivity index (χ2n) is 9.00. The van der Waals surface area contributed by atoms with Crippen LogP contribution in [0.2, 0.25) is 0 Å². The topological polar surface area (TPSA) is 142 Å². The molecule has 180 valence electrons. The van der Waals surface area contributed by atoms with E-state index in [-0.39, 0.29) is 18.3 Å². The molecule has 1 aliphatic rings. The van der Waals surface area contributed by atoms with Crippen LogP contribution in [0.15, 0.2) is 48.9 Å². The second kappa shape index (κ2) is 9.61. The van der Waals surface area contributed by atoms with E-state index in [0.29, 0.717) is 30.0 Å². The van der Waals surface area contributed by atoms with Gasteiger partial charge in [-0.3, -0.25) is 13.7 Å². The molecule has 0 amide bonds. The number of aromatic nitrogens is 4. The average molecular weight is 485 g/mol. The Hall–Kier alpha value is -3.15. The van der Waals surface area contributed by atoms with E-state index < -0.39 is 15.8 Å². The first-order chi connectivity index (χ1) is 16.1. The van der Waals surface area contributed by atoms with Gasteiger partial charge in [0.15, 0.2) is 0 Å². The molecule has 2 atom stereocenters. The summed E-state index contributed by atoms with van der Waals surface area (Å²) in [5, 5.41) is 12.9. The summed E-state index contributed by atoms with van der Waals surface area (Å²) < 4.78 is 28.8. The number of carbonyl (C=O) groups excluding carboxylic acids is 1. The van der Waals surface area contributed by atoms with E-state index in [4.69, 9.17) is 9.32 Å². The molecule has 1 aliphatic carbocycles. The highest BCUT2D eigenvalue weighted by Crippen LogP contribution is 2.37. The molecule has 0 radical (unpaired) electrons. The van der Waals surface area contributed by atoms with Crippen LogP contribution in [0.4, 0.5) is 5.82 Å². The lowest BCUT2D eigenvalue weighted by Gasteiger charge is -2.27. The molecule has 3 N–H and O–H groups in total. The van der Waals surface area contributed by atoms with E-state index in [2.05, 4.69) is 20.4 Å². The van der Waals surface area contributed by atoms with Crippen molar-refractivity contribution in [3.8, 4) is 0 Å². The third-order valence-electron chi connectivity index (χ3n) is 6.08. The number of aryl methyl sites for hydroxylation is 1. The van der Waals surface area contributed by atoms with Gasteiger partial charge in [0, 0.05) is 17.4 Å². The van der Waals surface area contributed by atoms with Crippen LogP contribution in [0.3, 0.4) is 0 Å². The van der Waals surface area contributed by atoms with Crippen LogP contribution >= 0.6 is 0 Å². The molecule has 1 aromatic carbocycles. The predicted molar refractivity (Wildman–Crippen MR) is 126 cm³/mol. The van der Waals surface area contributed by atoms with Gasteiger partial charge < -0.3 is 5.32 Å². The monoisotopic (exact) mass is 484 g/mol. The average Bonchev–Trinajstić information content (AvgIpc) is 3.35. The van der Waals surface area contributed by atoms with Crippen LogP contribution in [-0.2, 0) is 21.0 Å². The van der Waals surface area contributed by atoms with Gasteiger partial charge in [0.05, 0.1) is 18.7 Å². The standard InChI is InChI=1S/C23H28N6O4S/c1-16-10-20(28-29(16)13-17-6-4-3-5-7-17)21(30)19-12-25-15-26-22(19)27-23(2)9-8-18(11-23)14-33-34(24,31)32/h3-7,10,12,15,18H,8-9,11,13-14H2,1-2H3,(H2,24,31,32)(H,25,26,27). The molecule has 2 aromatic heterocycles. The zero-order valence-electron chi connectivity index (χ0n) is 19.1. The summed E-state index contributed by atoms with van der Waals surface area (Å²) in [6.07, 6.45) is 5.04. The van der Waals surface area contributed by atoms with Crippen LogP contribution in [0.25, 0.3) is 0 Å². The normalized spacial score (nSPS) is 20.4. The molecule has 11 heteroatoms. The van der Waals surface area contributed by atoms with Gasteiger partial charge in [-0.1, -0.05) is 30.3 Å². The minimum atomic E-state index is -3.97. The van der Waals surface area contributed by atoms with Crippen LogP contribution in [-0.4, -0.2) is 46.1 Å². The van der Waals surface area contributed by atoms with Gasteiger partial charge in [0.2, 0.25) is 5.78 Å². The van der Waals surface area contributed by atoms with E-state index in [1.54, 1.807) is 10.7 Å². The van der Waals surface area contributed by atoms with Crippen molar-refractivity contribution in [2.45, 2.75) is 45.2 Å². The molecule has 1 saturated carbocycles. The van der Waals surface area contributed by atoms with E-state index in [0.717, 1.165) is 24.1 Å². The molecule has 4 rings (SSSR count). The van der Waals surface area contributed by atoms with Gasteiger partial charge in [-0.25, -0.2) is 15.1 Å². The van der Waals surface area contributed by atoms with Gasteiger partial charge in [-0.15, -0.1) is 0 Å². The molecule has 2 heterocycles. The highest BCUT2D eigenvalue weighted by Gasteiger charge is 2.37. The van der Waals surface area contributed by atoms with Crippen molar-refractivity contribution in [2.75, 3.05) is 11.9 Å². The maximum atomic E-state index is 13.3. The third kappa shape index (κ3) is 5.85. The Kier molecular flexibility index (Phi) is 6.78. The number of nitrogens with zero attached hydrogens (tertiary/aromatic N) is 4.